The fourth-order valence-electron chi connectivity index (χ4n) is 2.87. The number of sulfonamides is 1. The molecule has 2 aromatic carbocycles. The van der Waals surface area contributed by atoms with Crippen molar-refractivity contribution < 1.29 is 18.3 Å². The SMILES string of the molecule is CCN(CC)S(=O)(=O)c1ccc(N/N=C(\C)c2ccc(C)c([N+](=O)[O-])c2)c([N+](=O)[O-])c1. The number of nitrogens with zero attached hydrogens (tertiary/aromatic N) is 4. The van der Waals surface area contributed by atoms with E-state index in [0.717, 1.165) is 6.07 Å². The van der Waals surface area contributed by atoms with Crippen LogP contribution >= 0.6 is 0 Å². The van der Waals surface area contributed by atoms with E-state index in [0.29, 0.717) is 16.8 Å². The van der Waals surface area contributed by atoms with Gasteiger partial charge in [0.05, 0.1) is 20.5 Å². The Labute approximate surface area is 179 Å². The molecule has 0 amide bonds. The van der Waals surface area contributed by atoms with Crippen molar-refractivity contribution in [1.29, 1.82) is 0 Å². The second-order valence-corrected chi connectivity index (χ2v) is 8.53. The highest BCUT2D eigenvalue weighted by atomic mass is 32.2. The molecule has 0 saturated carbocycles. The van der Waals surface area contributed by atoms with Crippen LogP contribution in [0.4, 0.5) is 17.1 Å². The number of rotatable bonds is 9. The van der Waals surface area contributed by atoms with Crippen LogP contribution in [0, 0.1) is 27.2 Å². The fourth-order valence-corrected chi connectivity index (χ4v) is 4.35. The summed E-state index contributed by atoms with van der Waals surface area (Å²) in [5.74, 6) is 0. The molecule has 0 heterocycles. The lowest BCUT2D eigenvalue weighted by Gasteiger charge is -2.18. The predicted octanol–water partition coefficient (Wildman–Crippen LogP) is 3.68. The van der Waals surface area contributed by atoms with Gasteiger partial charge in [0.1, 0.15) is 5.69 Å². The predicted molar refractivity (Wildman–Crippen MR) is 117 cm³/mol. The van der Waals surface area contributed by atoms with Crippen LogP contribution in [-0.4, -0.2) is 41.4 Å². The Kier molecular flexibility index (Phi) is 7.41. The Morgan fingerprint density at radius 2 is 1.65 bits per heavy atom. The molecule has 11 nitrogen and oxygen atoms in total. The number of nitro benzene ring substituents is 2. The van der Waals surface area contributed by atoms with Crippen LogP contribution in [-0.2, 0) is 10.0 Å². The van der Waals surface area contributed by atoms with Gasteiger partial charge < -0.3 is 0 Å². The van der Waals surface area contributed by atoms with Crippen molar-refractivity contribution >= 4 is 32.8 Å². The van der Waals surface area contributed by atoms with Crippen molar-refractivity contribution in [2.24, 2.45) is 5.10 Å². The standard InChI is InChI=1S/C19H23N5O6S/c1-5-22(6-2)31(29,30)16-9-10-17(19(12-16)24(27)28)21-20-14(4)15-8-7-13(3)18(11-15)23(25)26/h7-12,21H,5-6H2,1-4H3/b20-14+. The lowest BCUT2D eigenvalue weighted by Crippen LogP contribution is -2.30. The van der Waals surface area contributed by atoms with E-state index in [9.17, 15) is 28.6 Å². The van der Waals surface area contributed by atoms with E-state index in [1.165, 1.54) is 22.5 Å². The van der Waals surface area contributed by atoms with E-state index in [1.807, 2.05) is 0 Å². The first-order valence-electron chi connectivity index (χ1n) is 9.37. The number of aryl methyl sites for hydroxylation is 1. The van der Waals surface area contributed by atoms with E-state index in [4.69, 9.17) is 0 Å². The van der Waals surface area contributed by atoms with Crippen LogP contribution in [0.25, 0.3) is 0 Å². The topological polar surface area (TPSA) is 148 Å². The Balaban J connectivity index is 2.41. The molecule has 166 valence electrons. The van der Waals surface area contributed by atoms with Gasteiger partial charge in [-0.05, 0) is 26.0 Å². The highest BCUT2D eigenvalue weighted by Crippen LogP contribution is 2.29. The van der Waals surface area contributed by atoms with Crippen molar-refractivity contribution in [3.8, 4) is 0 Å². The minimum atomic E-state index is -3.86. The average molecular weight is 449 g/mol. The number of anilines is 1. The van der Waals surface area contributed by atoms with Crippen LogP contribution in [0.2, 0.25) is 0 Å². The van der Waals surface area contributed by atoms with Crippen LogP contribution in [0.1, 0.15) is 31.9 Å². The van der Waals surface area contributed by atoms with Gasteiger partial charge in [0.15, 0.2) is 0 Å². The van der Waals surface area contributed by atoms with Gasteiger partial charge in [0.2, 0.25) is 10.0 Å². The molecule has 1 N–H and O–H groups in total. The molecule has 0 aliphatic heterocycles. The summed E-state index contributed by atoms with van der Waals surface area (Å²) in [5, 5.41) is 26.7. The number of nitrogens with one attached hydrogen (secondary N) is 1. The first kappa shape index (κ1) is 23.9. The summed E-state index contributed by atoms with van der Waals surface area (Å²) in [4.78, 5) is 21.2. The summed E-state index contributed by atoms with van der Waals surface area (Å²) in [7, 11) is -3.86. The second kappa shape index (κ2) is 9.62. The van der Waals surface area contributed by atoms with Gasteiger partial charge in [0, 0.05) is 36.3 Å². The molecule has 0 spiro atoms. The lowest BCUT2D eigenvalue weighted by molar-refractivity contribution is -0.385. The van der Waals surface area contributed by atoms with Gasteiger partial charge in [-0.2, -0.15) is 9.41 Å². The highest BCUT2D eigenvalue weighted by molar-refractivity contribution is 7.89. The third-order valence-corrected chi connectivity index (χ3v) is 6.72. The third kappa shape index (κ3) is 5.22. The van der Waals surface area contributed by atoms with Crippen molar-refractivity contribution in [1.82, 2.24) is 4.31 Å². The summed E-state index contributed by atoms with van der Waals surface area (Å²) in [6.07, 6.45) is 0. The molecule has 0 saturated heterocycles. The highest BCUT2D eigenvalue weighted by Gasteiger charge is 2.25. The number of nitro groups is 2. The van der Waals surface area contributed by atoms with E-state index in [1.54, 1.807) is 39.8 Å². The number of benzene rings is 2. The van der Waals surface area contributed by atoms with Gasteiger partial charge in [-0.3, -0.25) is 25.7 Å². The molecule has 31 heavy (non-hydrogen) atoms. The Morgan fingerprint density at radius 1 is 1.03 bits per heavy atom. The number of hydrogen-bond donors (Lipinski definition) is 1. The maximum atomic E-state index is 12.6. The zero-order chi connectivity index (χ0) is 23.3. The van der Waals surface area contributed by atoms with Gasteiger partial charge >= 0.3 is 0 Å². The van der Waals surface area contributed by atoms with Crippen molar-refractivity contribution in [3.05, 3.63) is 67.8 Å². The van der Waals surface area contributed by atoms with E-state index >= 15 is 0 Å². The van der Waals surface area contributed by atoms with E-state index < -0.39 is 25.6 Å². The molecule has 0 aliphatic rings. The number of hydrogen-bond acceptors (Lipinski definition) is 8. The lowest BCUT2D eigenvalue weighted by atomic mass is 10.1. The second-order valence-electron chi connectivity index (χ2n) is 6.59. The van der Waals surface area contributed by atoms with Gasteiger partial charge in [-0.15, -0.1) is 0 Å². The molecule has 0 aliphatic carbocycles. The molecular formula is C19H23N5O6S. The average Bonchev–Trinajstić information content (AvgIpc) is 2.72. The van der Waals surface area contributed by atoms with Crippen molar-refractivity contribution in [2.75, 3.05) is 18.5 Å². The first-order valence-corrected chi connectivity index (χ1v) is 10.8. The summed E-state index contributed by atoms with van der Waals surface area (Å²) < 4.78 is 26.5. The molecule has 0 atom stereocenters. The summed E-state index contributed by atoms with van der Waals surface area (Å²) in [6.45, 7) is 7.03. The molecule has 0 bridgehead atoms. The van der Waals surface area contributed by atoms with Crippen LogP contribution in [0.3, 0.4) is 0 Å². The summed E-state index contributed by atoms with van der Waals surface area (Å²) in [5.41, 5.74) is 3.35. The Bertz CT molecular complexity index is 1140. The van der Waals surface area contributed by atoms with Crippen molar-refractivity contribution in [3.63, 3.8) is 0 Å². The van der Waals surface area contributed by atoms with E-state index in [-0.39, 0.29) is 29.4 Å². The monoisotopic (exact) mass is 449 g/mol. The van der Waals surface area contributed by atoms with Crippen LogP contribution in [0.5, 0.6) is 0 Å². The zero-order valence-electron chi connectivity index (χ0n) is 17.5. The van der Waals surface area contributed by atoms with E-state index in [2.05, 4.69) is 10.5 Å². The molecule has 0 fully saturated rings. The minimum absolute atomic E-state index is 0.00976. The Hall–Kier alpha value is -3.38. The zero-order valence-corrected chi connectivity index (χ0v) is 18.3. The Morgan fingerprint density at radius 3 is 2.19 bits per heavy atom. The fraction of sp³-hybridized carbons (Fsp3) is 0.316. The first-order chi connectivity index (χ1) is 14.5. The number of hydrazone groups is 1. The molecule has 2 aromatic rings. The third-order valence-electron chi connectivity index (χ3n) is 4.68. The normalized spacial score (nSPS) is 12.1. The maximum absolute atomic E-state index is 12.6. The van der Waals surface area contributed by atoms with Crippen molar-refractivity contribution in [2.45, 2.75) is 32.6 Å². The van der Waals surface area contributed by atoms with Crippen LogP contribution in [0.15, 0.2) is 46.4 Å². The molecule has 0 radical (unpaired) electrons. The van der Waals surface area contributed by atoms with Gasteiger partial charge in [0.25, 0.3) is 11.4 Å². The maximum Gasteiger partial charge on any atom is 0.295 e. The summed E-state index contributed by atoms with van der Waals surface area (Å²) >= 11 is 0. The smallest absolute Gasteiger partial charge is 0.271 e. The van der Waals surface area contributed by atoms with Gasteiger partial charge in [-0.1, -0.05) is 26.0 Å². The van der Waals surface area contributed by atoms with Gasteiger partial charge in [-0.25, -0.2) is 8.42 Å². The van der Waals surface area contributed by atoms with Crippen LogP contribution < -0.4 is 5.43 Å². The quantitative estimate of drug-likeness (QED) is 0.349. The molecular weight excluding hydrogens is 426 g/mol. The largest absolute Gasteiger partial charge is 0.295 e. The molecule has 0 aromatic heterocycles. The summed E-state index contributed by atoms with van der Waals surface area (Å²) in [6, 6.07) is 8.12. The molecule has 0 unspecified atom stereocenters. The molecule has 2 rings (SSSR count). The molecule has 12 heteroatoms. The minimum Gasteiger partial charge on any atom is -0.271 e.